The molecule has 1 atom stereocenters. The summed E-state index contributed by atoms with van der Waals surface area (Å²) in [7, 11) is -1.22. The Morgan fingerprint density at radius 1 is 1.42 bits per heavy atom. The molecule has 0 bridgehead atoms. The molecule has 0 aromatic heterocycles. The van der Waals surface area contributed by atoms with Crippen molar-refractivity contribution in [1.29, 1.82) is 0 Å². The average Bonchev–Trinajstić information content (AvgIpc) is 2.23. The van der Waals surface area contributed by atoms with E-state index in [9.17, 15) is 4.79 Å². The van der Waals surface area contributed by atoms with Gasteiger partial charge >= 0.3 is 0 Å². The maximum absolute atomic E-state index is 12.2. The van der Waals surface area contributed by atoms with Crippen LogP contribution in [0, 0.1) is 5.92 Å². The number of piperidine rings is 1. The number of nitrogens with one attached hydrogen (secondary N) is 1. The molecule has 110 valence electrons. The third-order valence-electron chi connectivity index (χ3n) is 3.02. The molecule has 3 nitrogen and oxygen atoms in total. The van der Waals surface area contributed by atoms with E-state index >= 15 is 0 Å². The van der Waals surface area contributed by atoms with Gasteiger partial charge in [-0.05, 0) is 33.6 Å². The van der Waals surface area contributed by atoms with Crippen LogP contribution in [0.5, 0.6) is 0 Å². The fraction of sp³-hybridized carbons (Fsp3) is 0.800. The molecule has 1 heterocycles. The zero-order valence-electron chi connectivity index (χ0n) is 13.3. The molecule has 19 heavy (non-hydrogen) atoms. The fourth-order valence-corrected chi connectivity index (χ4v) is 3.42. The number of carbonyl (C=O) groups excluding carboxylic acids is 1. The zero-order chi connectivity index (χ0) is 14.7. The van der Waals surface area contributed by atoms with Crippen molar-refractivity contribution in [3.8, 4) is 0 Å². The highest BCUT2D eigenvalue weighted by atomic mass is 28.3. The third-order valence-corrected chi connectivity index (χ3v) is 4.24. The van der Waals surface area contributed by atoms with Gasteiger partial charge in [-0.15, -0.1) is 0 Å². The molecule has 1 N–H and O–H groups in total. The number of hydrogen-bond donors (Lipinski definition) is 1. The highest BCUT2D eigenvalue weighted by Crippen LogP contribution is 2.22. The molecule has 0 spiro atoms. The summed E-state index contributed by atoms with van der Waals surface area (Å²) in [6.45, 7) is 14.1. The van der Waals surface area contributed by atoms with Gasteiger partial charge in [0.05, 0.1) is 13.7 Å². The molecule has 0 aromatic carbocycles. The predicted octanol–water partition coefficient (Wildman–Crippen LogP) is 3.13. The van der Waals surface area contributed by atoms with Gasteiger partial charge in [0, 0.05) is 18.2 Å². The Hall–Kier alpha value is -0.613. The van der Waals surface area contributed by atoms with Crippen LogP contribution in [0.15, 0.2) is 11.4 Å². The Labute approximate surface area is 118 Å². The molecule has 1 aliphatic rings. The second kappa shape index (κ2) is 6.22. The predicted molar refractivity (Wildman–Crippen MR) is 82.9 cm³/mol. The number of hydrogen-bond acceptors (Lipinski definition) is 3. The van der Waals surface area contributed by atoms with E-state index in [4.69, 9.17) is 4.74 Å². The molecule has 4 heteroatoms. The Bertz CT molecular complexity index is 350. The minimum absolute atomic E-state index is 0.131. The monoisotopic (exact) mass is 283 g/mol. The van der Waals surface area contributed by atoms with Crippen LogP contribution in [0.3, 0.4) is 0 Å². The molecule has 0 aromatic rings. The molecule has 1 aliphatic heterocycles. The van der Waals surface area contributed by atoms with Crippen molar-refractivity contribution in [1.82, 2.24) is 5.32 Å². The average molecular weight is 283 g/mol. The second-order valence-corrected chi connectivity index (χ2v) is 12.5. The highest BCUT2D eigenvalue weighted by Gasteiger charge is 2.26. The maximum Gasteiger partial charge on any atom is 0.162 e. The molecule has 0 aliphatic carbocycles. The van der Waals surface area contributed by atoms with E-state index < -0.39 is 8.07 Å². The van der Waals surface area contributed by atoms with E-state index in [1.165, 1.54) is 5.70 Å². The Morgan fingerprint density at radius 3 is 2.58 bits per heavy atom. The molecular formula is C15H29NO2Si. The van der Waals surface area contributed by atoms with Crippen molar-refractivity contribution in [2.24, 2.45) is 5.92 Å². The topological polar surface area (TPSA) is 38.3 Å². The largest absolute Gasteiger partial charge is 0.389 e. The van der Waals surface area contributed by atoms with Crippen molar-refractivity contribution in [2.75, 3.05) is 13.2 Å². The first-order valence-electron chi connectivity index (χ1n) is 7.19. The summed E-state index contributed by atoms with van der Waals surface area (Å²) in [6.07, 6.45) is 1.78. The van der Waals surface area contributed by atoms with Gasteiger partial charge in [0.25, 0.3) is 0 Å². The Morgan fingerprint density at radius 2 is 2.05 bits per heavy atom. The van der Waals surface area contributed by atoms with Crippen molar-refractivity contribution < 1.29 is 9.53 Å². The molecular weight excluding hydrogens is 254 g/mol. The number of Topliss-reactive ketones (excluding diaryl/α,β-unsaturated/α-hetero) is 1. The standard InChI is InChI=1S/C15H29NO2Si/c1-15(2,3)18-10-14(17)12-7-8-16-13(9-12)11-19(4,5)6/h11-12,16H,7-10H2,1-6H3. The van der Waals surface area contributed by atoms with Gasteiger partial charge in [0.15, 0.2) is 5.78 Å². The van der Waals surface area contributed by atoms with Crippen LogP contribution < -0.4 is 5.32 Å². The Kier molecular flexibility index (Phi) is 5.39. The van der Waals surface area contributed by atoms with E-state index in [-0.39, 0.29) is 23.9 Å². The van der Waals surface area contributed by atoms with Gasteiger partial charge < -0.3 is 10.1 Å². The van der Waals surface area contributed by atoms with Crippen LogP contribution in [0.4, 0.5) is 0 Å². The molecule has 0 amide bonds. The van der Waals surface area contributed by atoms with E-state index in [1.54, 1.807) is 0 Å². The highest BCUT2D eigenvalue weighted by molar-refractivity contribution is 6.81. The quantitative estimate of drug-likeness (QED) is 0.806. The van der Waals surface area contributed by atoms with Crippen LogP contribution in [0.2, 0.25) is 19.6 Å². The number of rotatable bonds is 4. The number of allylic oxidation sites excluding steroid dienone is 1. The first-order valence-corrected chi connectivity index (χ1v) is 10.8. The van der Waals surface area contributed by atoms with Crippen LogP contribution in [-0.4, -0.2) is 32.6 Å². The summed E-state index contributed by atoms with van der Waals surface area (Å²) in [4.78, 5) is 12.2. The lowest BCUT2D eigenvalue weighted by Gasteiger charge is -2.28. The van der Waals surface area contributed by atoms with Crippen molar-refractivity contribution >= 4 is 13.9 Å². The SMILES string of the molecule is CC(C)(C)OCC(=O)C1CCNC(=C[Si](C)(C)C)C1. The van der Waals surface area contributed by atoms with Crippen molar-refractivity contribution in [2.45, 2.75) is 58.9 Å². The van der Waals surface area contributed by atoms with Crippen LogP contribution >= 0.6 is 0 Å². The van der Waals surface area contributed by atoms with E-state index in [2.05, 4.69) is 30.7 Å². The summed E-state index contributed by atoms with van der Waals surface area (Å²) < 4.78 is 5.60. The Balaban J connectivity index is 2.55. The molecule has 1 rings (SSSR count). The van der Waals surface area contributed by atoms with Gasteiger partial charge in [-0.1, -0.05) is 25.3 Å². The van der Waals surface area contributed by atoms with Gasteiger partial charge in [-0.25, -0.2) is 0 Å². The van der Waals surface area contributed by atoms with E-state index in [0.717, 1.165) is 19.4 Å². The number of ether oxygens (including phenoxy) is 1. The third kappa shape index (κ3) is 6.92. The smallest absolute Gasteiger partial charge is 0.162 e. The van der Waals surface area contributed by atoms with E-state index in [0.29, 0.717) is 0 Å². The maximum atomic E-state index is 12.2. The summed E-state index contributed by atoms with van der Waals surface area (Å²) in [6, 6.07) is 0. The van der Waals surface area contributed by atoms with Crippen LogP contribution in [0.25, 0.3) is 0 Å². The normalized spacial score (nSPS) is 23.3. The molecule has 0 radical (unpaired) electrons. The van der Waals surface area contributed by atoms with Gasteiger partial charge in [0.2, 0.25) is 0 Å². The number of carbonyl (C=O) groups is 1. The number of ketones is 1. The van der Waals surface area contributed by atoms with Gasteiger partial charge in [-0.3, -0.25) is 4.79 Å². The zero-order valence-corrected chi connectivity index (χ0v) is 14.3. The molecule has 1 unspecified atom stereocenters. The first kappa shape index (κ1) is 16.4. The van der Waals surface area contributed by atoms with Crippen molar-refractivity contribution in [3.05, 3.63) is 11.4 Å². The second-order valence-electron chi connectivity index (χ2n) is 7.52. The summed E-state index contributed by atoms with van der Waals surface area (Å²) in [5.41, 5.74) is 3.40. The molecule has 0 saturated carbocycles. The lowest BCUT2D eigenvalue weighted by Crippen LogP contribution is -2.35. The minimum Gasteiger partial charge on any atom is -0.389 e. The van der Waals surface area contributed by atoms with Crippen LogP contribution in [0.1, 0.15) is 33.6 Å². The van der Waals surface area contributed by atoms with E-state index in [1.807, 2.05) is 20.8 Å². The summed E-state index contributed by atoms with van der Waals surface area (Å²) in [5, 5.41) is 3.44. The lowest BCUT2D eigenvalue weighted by atomic mass is 9.92. The minimum atomic E-state index is -1.22. The molecule has 1 saturated heterocycles. The molecule has 1 fully saturated rings. The van der Waals surface area contributed by atoms with Gasteiger partial charge in [-0.2, -0.15) is 0 Å². The fourth-order valence-electron chi connectivity index (χ4n) is 2.16. The first-order chi connectivity index (χ1) is 8.57. The van der Waals surface area contributed by atoms with Gasteiger partial charge in [0.1, 0.15) is 6.61 Å². The van der Waals surface area contributed by atoms with Crippen molar-refractivity contribution in [3.63, 3.8) is 0 Å². The summed E-state index contributed by atoms with van der Waals surface area (Å²) in [5.74, 6) is 0.379. The van der Waals surface area contributed by atoms with Crippen LogP contribution in [-0.2, 0) is 9.53 Å². The summed E-state index contributed by atoms with van der Waals surface area (Å²) >= 11 is 0. The lowest BCUT2D eigenvalue weighted by molar-refractivity contribution is -0.132.